The van der Waals surface area contributed by atoms with Gasteiger partial charge in [-0.15, -0.1) is 0 Å². The molecule has 0 amide bonds. The minimum absolute atomic E-state index is 0.467. The number of methoxy groups -OCH3 is 1. The summed E-state index contributed by atoms with van der Waals surface area (Å²) in [6, 6.07) is 0. The average molecular weight is 162 g/mol. The van der Waals surface area contributed by atoms with E-state index in [1.807, 2.05) is 20.8 Å². The van der Waals surface area contributed by atoms with Crippen LogP contribution < -0.4 is 0 Å². The summed E-state index contributed by atoms with van der Waals surface area (Å²) in [5, 5.41) is 0. The lowest BCUT2D eigenvalue weighted by Gasteiger charge is -2.27. The maximum Gasteiger partial charge on any atom is 0.188 e. The van der Waals surface area contributed by atoms with E-state index in [4.69, 9.17) is 14.2 Å². The molecular formula is C8H18O3. The molecule has 0 heterocycles. The van der Waals surface area contributed by atoms with Crippen molar-refractivity contribution in [3.8, 4) is 0 Å². The lowest BCUT2D eigenvalue weighted by Crippen LogP contribution is -2.37. The zero-order valence-electron chi connectivity index (χ0n) is 7.85. The van der Waals surface area contributed by atoms with Gasteiger partial charge in [0.15, 0.2) is 5.79 Å². The summed E-state index contributed by atoms with van der Waals surface area (Å²) in [5.41, 5.74) is 0. The second-order valence-corrected chi connectivity index (χ2v) is 2.43. The van der Waals surface area contributed by atoms with E-state index in [0.29, 0.717) is 19.8 Å². The number of hydrogen-bond acceptors (Lipinski definition) is 3. The Labute approximate surface area is 68.6 Å². The van der Waals surface area contributed by atoms with E-state index in [2.05, 4.69) is 0 Å². The van der Waals surface area contributed by atoms with Crippen molar-refractivity contribution in [1.82, 2.24) is 0 Å². The Morgan fingerprint density at radius 1 is 1.09 bits per heavy atom. The van der Waals surface area contributed by atoms with Crippen LogP contribution in [0.5, 0.6) is 0 Å². The smallest absolute Gasteiger partial charge is 0.188 e. The standard InChI is InChI=1S/C8H18O3/c1-5-10-8(3,7-9-4)11-6-2/h5-7H2,1-4H3. The summed E-state index contributed by atoms with van der Waals surface area (Å²) in [4.78, 5) is 0. The van der Waals surface area contributed by atoms with E-state index < -0.39 is 5.79 Å². The predicted octanol–water partition coefficient (Wildman–Crippen LogP) is 1.42. The molecule has 0 aromatic heterocycles. The van der Waals surface area contributed by atoms with Gasteiger partial charge in [0, 0.05) is 20.3 Å². The van der Waals surface area contributed by atoms with Crippen LogP contribution in [0.3, 0.4) is 0 Å². The molecule has 0 aromatic carbocycles. The molecule has 68 valence electrons. The van der Waals surface area contributed by atoms with Crippen molar-refractivity contribution in [2.24, 2.45) is 0 Å². The molecule has 3 nitrogen and oxygen atoms in total. The van der Waals surface area contributed by atoms with E-state index in [1.54, 1.807) is 7.11 Å². The maximum absolute atomic E-state index is 5.36. The van der Waals surface area contributed by atoms with E-state index >= 15 is 0 Å². The highest BCUT2D eigenvalue weighted by Gasteiger charge is 2.24. The van der Waals surface area contributed by atoms with Crippen molar-refractivity contribution in [1.29, 1.82) is 0 Å². The van der Waals surface area contributed by atoms with Crippen LogP contribution in [0.1, 0.15) is 20.8 Å². The quantitative estimate of drug-likeness (QED) is 0.553. The van der Waals surface area contributed by atoms with Crippen molar-refractivity contribution < 1.29 is 14.2 Å². The van der Waals surface area contributed by atoms with Gasteiger partial charge in [0.25, 0.3) is 0 Å². The minimum atomic E-state index is -0.571. The van der Waals surface area contributed by atoms with Gasteiger partial charge in [-0.1, -0.05) is 0 Å². The fraction of sp³-hybridized carbons (Fsp3) is 1.00. The Balaban J connectivity index is 3.79. The van der Waals surface area contributed by atoms with Crippen LogP contribution in [-0.2, 0) is 14.2 Å². The first-order valence-electron chi connectivity index (χ1n) is 3.95. The van der Waals surface area contributed by atoms with Crippen LogP contribution in [0, 0.1) is 0 Å². The summed E-state index contributed by atoms with van der Waals surface area (Å²) in [6.45, 7) is 7.50. The zero-order valence-corrected chi connectivity index (χ0v) is 7.85. The third-order valence-electron chi connectivity index (χ3n) is 1.31. The Bertz CT molecular complexity index is 76.3. The van der Waals surface area contributed by atoms with Crippen molar-refractivity contribution in [2.45, 2.75) is 26.6 Å². The molecule has 0 N–H and O–H groups in total. The van der Waals surface area contributed by atoms with Crippen molar-refractivity contribution in [3.63, 3.8) is 0 Å². The molecule has 0 unspecified atom stereocenters. The highest BCUT2D eigenvalue weighted by atomic mass is 16.7. The third kappa shape index (κ3) is 4.35. The zero-order chi connectivity index (χ0) is 8.74. The number of ether oxygens (including phenoxy) is 3. The Hall–Kier alpha value is -0.120. The molecule has 0 aromatic rings. The molecule has 0 fully saturated rings. The summed E-state index contributed by atoms with van der Waals surface area (Å²) >= 11 is 0. The highest BCUT2D eigenvalue weighted by molar-refractivity contribution is 4.60. The third-order valence-corrected chi connectivity index (χ3v) is 1.31. The molecule has 0 aliphatic heterocycles. The fourth-order valence-electron chi connectivity index (χ4n) is 0.998. The lowest BCUT2D eigenvalue weighted by molar-refractivity contribution is -0.242. The Kier molecular flexibility index (Phi) is 5.46. The first-order valence-corrected chi connectivity index (χ1v) is 3.95. The summed E-state index contributed by atoms with van der Waals surface area (Å²) in [7, 11) is 1.64. The van der Waals surface area contributed by atoms with Crippen LogP contribution >= 0.6 is 0 Å². The highest BCUT2D eigenvalue weighted by Crippen LogP contribution is 2.11. The molecule has 0 aliphatic carbocycles. The van der Waals surface area contributed by atoms with Gasteiger partial charge in [-0.25, -0.2) is 0 Å². The van der Waals surface area contributed by atoms with Crippen LogP contribution in [0.25, 0.3) is 0 Å². The molecule has 0 radical (unpaired) electrons. The molecule has 0 atom stereocenters. The van der Waals surface area contributed by atoms with Crippen LogP contribution in [0.15, 0.2) is 0 Å². The SMILES string of the molecule is CCOC(C)(COC)OCC. The topological polar surface area (TPSA) is 27.7 Å². The van der Waals surface area contributed by atoms with Gasteiger partial charge in [-0.05, 0) is 20.8 Å². The largest absolute Gasteiger partial charge is 0.379 e. The second-order valence-electron chi connectivity index (χ2n) is 2.43. The van der Waals surface area contributed by atoms with Crippen LogP contribution in [0.4, 0.5) is 0 Å². The predicted molar refractivity (Wildman–Crippen MR) is 43.5 cm³/mol. The molecule has 0 spiro atoms. The van der Waals surface area contributed by atoms with Gasteiger partial charge in [-0.2, -0.15) is 0 Å². The van der Waals surface area contributed by atoms with Crippen LogP contribution in [-0.4, -0.2) is 32.7 Å². The summed E-state index contributed by atoms with van der Waals surface area (Å²) in [5.74, 6) is -0.571. The second kappa shape index (κ2) is 5.52. The molecule has 0 saturated carbocycles. The van der Waals surface area contributed by atoms with Gasteiger partial charge in [0.2, 0.25) is 0 Å². The Morgan fingerprint density at radius 3 is 1.82 bits per heavy atom. The van der Waals surface area contributed by atoms with Crippen molar-refractivity contribution in [3.05, 3.63) is 0 Å². The summed E-state index contributed by atoms with van der Waals surface area (Å²) in [6.07, 6.45) is 0. The molecule has 0 saturated heterocycles. The van der Waals surface area contributed by atoms with Crippen molar-refractivity contribution >= 4 is 0 Å². The number of rotatable bonds is 6. The molecular weight excluding hydrogens is 144 g/mol. The van der Waals surface area contributed by atoms with Gasteiger partial charge >= 0.3 is 0 Å². The van der Waals surface area contributed by atoms with E-state index in [-0.39, 0.29) is 0 Å². The normalized spacial score (nSPS) is 12.0. The van der Waals surface area contributed by atoms with Gasteiger partial charge in [0.1, 0.15) is 0 Å². The monoisotopic (exact) mass is 162 g/mol. The molecule has 0 rings (SSSR count). The minimum Gasteiger partial charge on any atom is -0.379 e. The number of hydrogen-bond donors (Lipinski definition) is 0. The van der Waals surface area contributed by atoms with E-state index in [1.165, 1.54) is 0 Å². The van der Waals surface area contributed by atoms with Gasteiger partial charge in [-0.3, -0.25) is 0 Å². The maximum atomic E-state index is 5.36. The van der Waals surface area contributed by atoms with Crippen molar-refractivity contribution in [2.75, 3.05) is 26.9 Å². The van der Waals surface area contributed by atoms with Gasteiger partial charge < -0.3 is 14.2 Å². The average Bonchev–Trinajstić information content (AvgIpc) is 1.88. The van der Waals surface area contributed by atoms with Crippen LogP contribution in [0.2, 0.25) is 0 Å². The molecule has 0 bridgehead atoms. The lowest BCUT2D eigenvalue weighted by atomic mass is 10.3. The summed E-state index contributed by atoms with van der Waals surface area (Å²) < 4.78 is 15.7. The molecule has 11 heavy (non-hydrogen) atoms. The Morgan fingerprint density at radius 2 is 1.55 bits per heavy atom. The van der Waals surface area contributed by atoms with E-state index in [9.17, 15) is 0 Å². The molecule has 0 aliphatic rings. The first kappa shape index (κ1) is 10.9. The van der Waals surface area contributed by atoms with E-state index in [0.717, 1.165) is 0 Å². The fourth-order valence-corrected chi connectivity index (χ4v) is 0.998. The van der Waals surface area contributed by atoms with Gasteiger partial charge in [0.05, 0.1) is 6.61 Å². The first-order chi connectivity index (χ1) is 5.18. The molecule has 3 heteroatoms.